The van der Waals surface area contributed by atoms with Gasteiger partial charge in [0.25, 0.3) is 5.91 Å². The summed E-state index contributed by atoms with van der Waals surface area (Å²) in [4.78, 5) is 14.0. The van der Waals surface area contributed by atoms with Gasteiger partial charge in [0.15, 0.2) is 6.20 Å². The molecule has 1 aromatic rings. The van der Waals surface area contributed by atoms with E-state index in [1.165, 1.54) is 12.1 Å². The van der Waals surface area contributed by atoms with Crippen molar-refractivity contribution in [3.63, 3.8) is 0 Å². The highest BCUT2D eigenvalue weighted by Crippen LogP contribution is 2.21. The van der Waals surface area contributed by atoms with Crippen LogP contribution in [0.15, 0.2) is 23.4 Å². The SMILES string of the molecule is C[C@@H]1CCCN(C(=O)c2ccc[n+]([O-])c2S(=O)(=O)Cl)C1. The highest BCUT2D eigenvalue weighted by atomic mass is 35.7. The minimum atomic E-state index is -4.29. The van der Waals surface area contributed by atoms with Crippen LogP contribution < -0.4 is 4.73 Å². The van der Waals surface area contributed by atoms with Crippen LogP contribution in [0.2, 0.25) is 0 Å². The molecule has 1 saturated heterocycles. The van der Waals surface area contributed by atoms with Crippen LogP contribution in [-0.2, 0) is 9.05 Å². The van der Waals surface area contributed by atoms with Crippen molar-refractivity contribution in [1.82, 2.24) is 4.90 Å². The lowest BCUT2D eigenvalue weighted by molar-refractivity contribution is -0.646. The fourth-order valence-electron chi connectivity index (χ4n) is 2.42. The molecule has 1 fully saturated rings. The molecule has 0 spiro atoms. The van der Waals surface area contributed by atoms with Gasteiger partial charge in [0.1, 0.15) is 5.56 Å². The Morgan fingerprint density at radius 2 is 2.25 bits per heavy atom. The fraction of sp³-hybridized carbons (Fsp3) is 0.500. The molecule has 6 nitrogen and oxygen atoms in total. The van der Waals surface area contributed by atoms with Crippen LogP contribution in [0.25, 0.3) is 0 Å². The third-order valence-electron chi connectivity index (χ3n) is 3.32. The van der Waals surface area contributed by atoms with Crippen LogP contribution in [0.1, 0.15) is 30.1 Å². The third kappa shape index (κ3) is 3.04. The summed E-state index contributed by atoms with van der Waals surface area (Å²) < 4.78 is 23.1. The molecular formula is C12H15ClN2O4S. The Hall–Kier alpha value is -1.34. The first-order chi connectivity index (χ1) is 9.30. The molecule has 1 aromatic heterocycles. The summed E-state index contributed by atoms with van der Waals surface area (Å²) in [5.74, 6) is -0.118. The molecule has 2 rings (SSSR count). The van der Waals surface area contributed by atoms with Crippen LogP contribution in [0, 0.1) is 11.1 Å². The van der Waals surface area contributed by atoms with Crippen molar-refractivity contribution in [2.24, 2.45) is 5.92 Å². The quantitative estimate of drug-likeness (QED) is 0.465. The molecule has 0 aliphatic carbocycles. The van der Waals surface area contributed by atoms with Crippen LogP contribution in [0.5, 0.6) is 0 Å². The number of piperidine rings is 1. The van der Waals surface area contributed by atoms with E-state index in [9.17, 15) is 18.4 Å². The molecule has 0 N–H and O–H groups in total. The lowest BCUT2D eigenvalue weighted by Gasteiger charge is -2.30. The third-order valence-corrected chi connectivity index (χ3v) is 4.62. The molecule has 20 heavy (non-hydrogen) atoms. The predicted octanol–water partition coefficient (Wildman–Crippen LogP) is 1.12. The first-order valence-corrected chi connectivity index (χ1v) is 8.57. The maximum absolute atomic E-state index is 12.4. The van der Waals surface area contributed by atoms with Gasteiger partial charge in [-0.1, -0.05) is 6.92 Å². The molecule has 0 bridgehead atoms. The number of aromatic nitrogens is 1. The molecule has 2 heterocycles. The summed E-state index contributed by atoms with van der Waals surface area (Å²) in [7, 11) is 0.975. The van der Waals surface area contributed by atoms with Gasteiger partial charge in [-0.05, 0) is 24.8 Å². The van der Waals surface area contributed by atoms with Gasteiger partial charge in [-0.15, -0.1) is 0 Å². The zero-order valence-corrected chi connectivity index (χ0v) is 12.5. The number of halogens is 1. The second kappa shape index (κ2) is 5.57. The normalized spacial score (nSPS) is 19.9. The molecular weight excluding hydrogens is 304 g/mol. The van der Waals surface area contributed by atoms with Crippen LogP contribution in [-0.4, -0.2) is 32.3 Å². The monoisotopic (exact) mass is 318 g/mol. The number of rotatable bonds is 2. The highest BCUT2D eigenvalue weighted by Gasteiger charge is 2.33. The van der Waals surface area contributed by atoms with E-state index in [2.05, 4.69) is 0 Å². The number of likely N-dealkylation sites (tertiary alicyclic amines) is 1. The van der Waals surface area contributed by atoms with Gasteiger partial charge in [-0.2, -0.15) is 4.73 Å². The highest BCUT2D eigenvalue weighted by molar-refractivity contribution is 8.13. The van der Waals surface area contributed by atoms with Crippen molar-refractivity contribution in [1.29, 1.82) is 0 Å². The molecule has 1 atom stereocenters. The standard InChI is InChI=1S/C12H15ClN2O4S/c1-9-4-2-6-14(8-9)11(16)10-5-3-7-15(17)12(10)20(13,18)19/h3,5,7,9H,2,4,6,8H2,1H3/t9-/m1/s1. The van der Waals surface area contributed by atoms with E-state index in [1.54, 1.807) is 4.90 Å². The summed E-state index contributed by atoms with van der Waals surface area (Å²) in [6.07, 6.45) is 2.89. The van der Waals surface area contributed by atoms with Gasteiger partial charge in [0.05, 0.1) is 0 Å². The maximum atomic E-state index is 12.4. The Bertz CT molecular complexity index is 632. The molecule has 0 radical (unpaired) electrons. The summed E-state index contributed by atoms with van der Waals surface area (Å²) in [6, 6.07) is 2.64. The number of amides is 1. The van der Waals surface area contributed by atoms with Gasteiger partial charge in [0, 0.05) is 29.8 Å². The van der Waals surface area contributed by atoms with Gasteiger partial charge in [-0.3, -0.25) is 4.79 Å². The molecule has 1 aliphatic heterocycles. The van der Waals surface area contributed by atoms with E-state index in [1.807, 2.05) is 6.92 Å². The van der Waals surface area contributed by atoms with Crippen LogP contribution in [0.4, 0.5) is 0 Å². The van der Waals surface area contributed by atoms with E-state index in [0.29, 0.717) is 19.0 Å². The van der Waals surface area contributed by atoms with Crippen molar-refractivity contribution in [2.75, 3.05) is 13.1 Å². The van der Waals surface area contributed by atoms with Crippen molar-refractivity contribution < 1.29 is 17.9 Å². The molecule has 110 valence electrons. The summed E-state index contributed by atoms with van der Waals surface area (Å²) in [5, 5.41) is 10.9. The Kier molecular flexibility index (Phi) is 4.19. The maximum Gasteiger partial charge on any atom is 0.336 e. The number of hydrogen-bond donors (Lipinski definition) is 0. The number of pyridine rings is 1. The van der Waals surface area contributed by atoms with Crippen molar-refractivity contribution >= 4 is 25.6 Å². The minimum absolute atomic E-state index is 0.114. The molecule has 0 aromatic carbocycles. The van der Waals surface area contributed by atoms with Crippen molar-refractivity contribution in [2.45, 2.75) is 24.8 Å². The number of carbonyl (C=O) groups excluding carboxylic acids is 1. The lowest BCUT2D eigenvalue weighted by atomic mass is 10.00. The van der Waals surface area contributed by atoms with E-state index >= 15 is 0 Å². The largest absolute Gasteiger partial charge is 0.618 e. The predicted molar refractivity (Wildman–Crippen MR) is 72.7 cm³/mol. The minimum Gasteiger partial charge on any atom is -0.618 e. The average Bonchev–Trinajstić information content (AvgIpc) is 2.36. The summed E-state index contributed by atoms with van der Waals surface area (Å²) in [5.41, 5.74) is -0.174. The Morgan fingerprint density at radius 1 is 1.55 bits per heavy atom. The number of hydrogen-bond acceptors (Lipinski definition) is 4. The second-order valence-electron chi connectivity index (χ2n) is 4.99. The van der Waals surface area contributed by atoms with Gasteiger partial charge < -0.3 is 10.1 Å². The molecule has 8 heteroatoms. The van der Waals surface area contributed by atoms with Gasteiger partial charge >= 0.3 is 14.1 Å². The second-order valence-corrected chi connectivity index (χ2v) is 7.47. The first kappa shape index (κ1) is 15.1. The van der Waals surface area contributed by atoms with Gasteiger partial charge in [0.2, 0.25) is 0 Å². The molecule has 1 amide bonds. The smallest absolute Gasteiger partial charge is 0.336 e. The molecule has 0 saturated carbocycles. The Morgan fingerprint density at radius 3 is 2.85 bits per heavy atom. The fourth-order valence-corrected chi connectivity index (χ4v) is 3.57. The van der Waals surface area contributed by atoms with E-state index in [-0.39, 0.29) is 10.3 Å². The zero-order chi connectivity index (χ0) is 14.9. The average molecular weight is 319 g/mol. The topological polar surface area (TPSA) is 81.4 Å². The van der Waals surface area contributed by atoms with E-state index in [4.69, 9.17) is 10.7 Å². The number of carbonyl (C=O) groups is 1. The first-order valence-electron chi connectivity index (χ1n) is 6.27. The zero-order valence-electron chi connectivity index (χ0n) is 11.0. The number of nitrogens with zero attached hydrogens (tertiary/aromatic N) is 2. The van der Waals surface area contributed by atoms with Crippen molar-refractivity contribution in [3.8, 4) is 0 Å². The lowest BCUT2D eigenvalue weighted by Crippen LogP contribution is -2.42. The van der Waals surface area contributed by atoms with E-state index in [0.717, 1.165) is 19.0 Å². The Labute approximate surface area is 122 Å². The van der Waals surface area contributed by atoms with E-state index < -0.39 is 20.0 Å². The molecule has 1 aliphatic rings. The van der Waals surface area contributed by atoms with Crippen LogP contribution >= 0.6 is 10.7 Å². The summed E-state index contributed by atoms with van der Waals surface area (Å²) in [6.45, 7) is 3.13. The Balaban J connectivity index is 2.43. The van der Waals surface area contributed by atoms with Gasteiger partial charge in [-0.25, -0.2) is 8.42 Å². The van der Waals surface area contributed by atoms with Crippen LogP contribution in [0.3, 0.4) is 0 Å². The summed E-state index contributed by atoms with van der Waals surface area (Å²) >= 11 is 0. The molecule has 0 unspecified atom stereocenters. The van der Waals surface area contributed by atoms with Crippen molar-refractivity contribution in [3.05, 3.63) is 29.1 Å².